The van der Waals surface area contributed by atoms with Gasteiger partial charge in [0.2, 0.25) is 5.91 Å². The van der Waals surface area contributed by atoms with Crippen molar-refractivity contribution in [3.8, 4) is 0 Å². The van der Waals surface area contributed by atoms with Crippen LogP contribution in [0.25, 0.3) is 0 Å². The number of benzene rings is 1. The third-order valence-corrected chi connectivity index (χ3v) is 2.24. The van der Waals surface area contributed by atoms with Crippen molar-refractivity contribution in [1.82, 2.24) is 5.32 Å². The van der Waals surface area contributed by atoms with Crippen LogP contribution in [0.3, 0.4) is 0 Å². The first-order valence-corrected chi connectivity index (χ1v) is 4.87. The summed E-state index contributed by atoms with van der Waals surface area (Å²) in [6.07, 6.45) is 0. The van der Waals surface area contributed by atoms with Crippen molar-refractivity contribution < 1.29 is 14.1 Å². The van der Waals surface area contributed by atoms with E-state index in [4.69, 9.17) is 0 Å². The Morgan fingerprint density at radius 2 is 2.18 bits per heavy atom. The number of carbonyl (C=O) groups is 1. The van der Waals surface area contributed by atoms with Gasteiger partial charge in [-0.15, -0.1) is 0 Å². The van der Waals surface area contributed by atoms with Gasteiger partial charge in [0.25, 0.3) is 5.69 Å². The van der Waals surface area contributed by atoms with Crippen LogP contribution in [0.15, 0.2) is 18.2 Å². The normalized spacial score (nSPS) is 11.9. The average Bonchev–Trinajstić information content (AvgIpc) is 2.30. The number of nitrogens with zero attached hydrogens (tertiary/aromatic N) is 1. The molecule has 0 saturated heterocycles. The van der Waals surface area contributed by atoms with Crippen molar-refractivity contribution in [3.63, 3.8) is 0 Å². The molecule has 0 heterocycles. The molecule has 0 aliphatic heterocycles. The molecule has 0 radical (unpaired) electrons. The summed E-state index contributed by atoms with van der Waals surface area (Å²) in [6, 6.07) is 2.44. The lowest BCUT2D eigenvalue weighted by atomic mass is 10.2. The summed E-state index contributed by atoms with van der Waals surface area (Å²) in [6.45, 7) is 1.59. The van der Waals surface area contributed by atoms with E-state index in [0.717, 1.165) is 18.2 Å². The van der Waals surface area contributed by atoms with Crippen LogP contribution < -0.4 is 10.6 Å². The summed E-state index contributed by atoms with van der Waals surface area (Å²) in [5.41, 5.74) is -0.481. The van der Waals surface area contributed by atoms with Crippen LogP contribution in [-0.2, 0) is 4.79 Å². The second kappa shape index (κ2) is 5.35. The first-order valence-electron chi connectivity index (χ1n) is 4.87. The molecule has 1 atom stereocenters. The maximum absolute atomic E-state index is 13.3. The highest BCUT2D eigenvalue weighted by atomic mass is 19.1. The molecule has 0 fully saturated rings. The molecule has 1 aromatic carbocycles. The number of hydrogen-bond acceptors (Lipinski definition) is 4. The van der Waals surface area contributed by atoms with Crippen LogP contribution in [0.1, 0.15) is 6.92 Å². The summed E-state index contributed by atoms with van der Waals surface area (Å²) in [5.74, 6) is -1.18. The van der Waals surface area contributed by atoms with E-state index in [1.807, 2.05) is 0 Å². The Hall–Kier alpha value is -2.02. The van der Waals surface area contributed by atoms with Crippen molar-refractivity contribution in [2.75, 3.05) is 12.4 Å². The lowest BCUT2D eigenvalue weighted by Gasteiger charge is -2.11. The van der Waals surface area contributed by atoms with Gasteiger partial charge in [-0.25, -0.2) is 4.39 Å². The largest absolute Gasteiger partial charge is 0.322 e. The summed E-state index contributed by atoms with van der Waals surface area (Å²) < 4.78 is 13.3. The SMILES string of the molecule is CNC(C)C(=O)Nc1cc([N+](=O)[O-])ccc1F. The minimum Gasteiger partial charge on any atom is -0.322 e. The fourth-order valence-corrected chi connectivity index (χ4v) is 1.09. The van der Waals surface area contributed by atoms with E-state index in [-0.39, 0.29) is 11.4 Å². The minimum absolute atomic E-state index is 0.202. The molecule has 0 aliphatic rings. The number of carbonyl (C=O) groups excluding carboxylic acids is 1. The molecule has 6 nitrogen and oxygen atoms in total. The highest BCUT2D eigenvalue weighted by Gasteiger charge is 2.15. The number of anilines is 1. The summed E-state index contributed by atoms with van der Waals surface area (Å²) in [7, 11) is 1.58. The fraction of sp³-hybridized carbons (Fsp3) is 0.300. The Morgan fingerprint density at radius 3 is 2.71 bits per heavy atom. The number of nitrogens with one attached hydrogen (secondary N) is 2. The van der Waals surface area contributed by atoms with Crippen LogP contribution in [-0.4, -0.2) is 23.9 Å². The Kier molecular flexibility index (Phi) is 4.11. The van der Waals surface area contributed by atoms with Gasteiger partial charge in [-0.3, -0.25) is 14.9 Å². The van der Waals surface area contributed by atoms with E-state index in [1.54, 1.807) is 14.0 Å². The number of nitro groups is 1. The maximum atomic E-state index is 13.3. The van der Waals surface area contributed by atoms with Gasteiger partial charge in [-0.05, 0) is 20.0 Å². The van der Waals surface area contributed by atoms with E-state index >= 15 is 0 Å². The molecule has 92 valence electrons. The molecule has 0 bridgehead atoms. The van der Waals surface area contributed by atoms with Gasteiger partial charge in [0.1, 0.15) is 5.82 Å². The van der Waals surface area contributed by atoms with Crippen molar-refractivity contribution in [3.05, 3.63) is 34.1 Å². The first-order chi connectivity index (χ1) is 7.95. The van der Waals surface area contributed by atoms with E-state index < -0.39 is 22.7 Å². The van der Waals surface area contributed by atoms with Crippen molar-refractivity contribution >= 4 is 17.3 Å². The zero-order valence-electron chi connectivity index (χ0n) is 9.36. The Morgan fingerprint density at radius 1 is 1.53 bits per heavy atom. The van der Waals surface area contributed by atoms with Gasteiger partial charge < -0.3 is 10.6 Å². The fourth-order valence-electron chi connectivity index (χ4n) is 1.09. The number of likely N-dealkylation sites (N-methyl/N-ethyl adjacent to an activating group) is 1. The summed E-state index contributed by atoms with van der Waals surface area (Å²) in [5, 5.41) is 15.4. The molecule has 0 spiro atoms. The topological polar surface area (TPSA) is 84.3 Å². The second-order valence-corrected chi connectivity index (χ2v) is 3.42. The number of amides is 1. The lowest BCUT2D eigenvalue weighted by molar-refractivity contribution is -0.384. The third-order valence-electron chi connectivity index (χ3n) is 2.24. The zero-order chi connectivity index (χ0) is 13.0. The van der Waals surface area contributed by atoms with E-state index in [9.17, 15) is 19.3 Å². The van der Waals surface area contributed by atoms with Crippen LogP contribution >= 0.6 is 0 Å². The lowest BCUT2D eigenvalue weighted by Crippen LogP contribution is -2.35. The van der Waals surface area contributed by atoms with Gasteiger partial charge in [0.05, 0.1) is 16.7 Å². The van der Waals surface area contributed by atoms with E-state index in [2.05, 4.69) is 10.6 Å². The number of non-ortho nitro benzene ring substituents is 1. The molecule has 1 aromatic rings. The predicted octanol–water partition coefficient (Wildman–Crippen LogP) is 1.28. The van der Waals surface area contributed by atoms with Crippen molar-refractivity contribution in [2.24, 2.45) is 0 Å². The molecule has 17 heavy (non-hydrogen) atoms. The number of hydrogen-bond donors (Lipinski definition) is 2. The number of halogens is 1. The Labute approximate surface area is 97.0 Å². The number of nitro benzene ring substituents is 1. The molecule has 0 saturated carbocycles. The summed E-state index contributed by atoms with van der Waals surface area (Å²) in [4.78, 5) is 21.3. The summed E-state index contributed by atoms with van der Waals surface area (Å²) >= 11 is 0. The van der Waals surface area contributed by atoms with Gasteiger partial charge in [0, 0.05) is 12.1 Å². The molecule has 0 aromatic heterocycles. The average molecular weight is 241 g/mol. The molecule has 1 amide bonds. The van der Waals surface area contributed by atoms with Gasteiger partial charge in [-0.1, -0.05) is 0 Å². The second-order valence-electron chi connectivity index (χ2n) is 3.42. The van der Waals surface area contributed by atoms with Gasteiger partial charge in [0.15, 0.2) is 0 Å². The van der Waals surface area contributed by atoms with Gasteiger partial charge >= 0.3 is 0 Å². The zero-order valence-corrected chi connectivity index (χ0v) is 9.36. The molecule has 0 aliphatic carbocycles. The molecule has 7 heteroatoms. The Bertz CT molecular complexity index is 450. The smallest absolute Gasteiger partial charge is 0.271 e. The highest BCUT2D eigenvalue weighted by molar-refractivity contribution is 5.94. The first kappa shape index (κ1) is 13.0. The van der Waals surface area contributed by atoms with Crippen LogP contribution in [0.2, 0.25) is 0 Å². The van der Waals surface area contributed by atoms with Crippen LogP contribution in [0, 0.1) is 15.9 Å². The monoisotopic (exact) mass is 241 g/mol. The van der Waals surface area contributed by atoms with Gasteiger partial charge in [-0.2, -0.15) is 0 Å². The molecular weight excluding hydrogens is 229 g/mol. The molecule has 1 unspecified atom stereocenters. The van der Waals surface area contributed by atoms with Crippen molar-refractivity contribution in [1.29, 1.82) is 0 Å². The molecular formula is C10H12FN3O3. The quantitative estimate of drug-likeness (QED) is 0.614. The minimum atomic E-state index is -0.716. The van der Waals surface area contributed by atoms with E-state index in [0.29, 0.717) is 0 Å². The van der Waals surface area contributed by atoms with E-state index in [1.165, 1.54) is 0 Å². The standard InChI is InChI=1S/C10H12FN3O3/c1-6(12-2)10(15)13-9-5-7(14(16)17)3-4-8(9)11/h3-6,12H,1-2H3,(H,13,15). The van der Waals surface area contributed by atoms with Crippen molar-refractivity contribution in [2.45, 2.75) is 13.0 Å². The maximum Gasteiger partial charge on any atom is 0.271 e. The van der Waals surface area contributed by atoms with Crippen LogP contribution in [0.4, 0.5) is 15.8 Å². The highest BCUT2D eigenvalue weighted by Crippen LogP contribution is 2.21. The predicted molar refractivity (Wildman–Crippen MR) is 60.2 cm³/mol. The molecule has 2 N–H and O–H groups in total. The Balaban J connectivity index is 2.94. The molecule has 1 rings (SSSR count). The third kappa shape index (κ3) is 3.22. The van der Waals surface area contributed by atoms with Crippen LogP contribution in [0.5, 0.6) is 0 Å². The number of rotatable bonds is 4.